The van der Waals surface area contributed by atoms with Gasteiger partial charge in [-0.25, -0.2) is 9.78 Å². The number of aryl methyl sites for hydroxylation is 2. The van der Waals surface area contributed by atoms with Gasteiger partial charge in [-0.2, -0.15) is 5.10 Å². The van der Waals surface area contributed by atoms with E-state index in [-0.39, 0.29) is 12.5 Å². The molecule has 0 aliphatic heterocycles. The van der Waals surface area contributed by atoms with Gasteiger partial charge in [0.1, 0.15) is 0 Å². The van der Waals surface area contributed by atoms with Gasteiger partial charge in [-0.15, -0.1) is 5.10 Å². The van der Waals surface area contributed by atoms with Crippen LogP contribution in [0.15, 0.2) is 26.1 Å². The molecule has 20 heavy (non-hydrogen) atoms. The predicted octanol–water partition coefficient (Wildman–Crippen LogP) is -2.31. The number of rotatable bonds is 3. The van der Waals surface area contributed by atoms with Crippen LogP contribution in [0.4, 0.5) is 0 Å². The molecule has 10 heteroatoms. The third kappa shape index (κ3) is 2.18. The van der Waals surface area contributed by atoms with E-state index in [2.05, 4.69) is 15.2 Å². The fourth-order valence-corrected chi connectivity index (χ4v) is 1.78. The van der Waals surface area contributed by atoms with E-state index in [9.17, 15) is 9.59 Å². The van der Waals surface area contributed by atoms with E-state index in [4.69, 9.17) is 11.5 Å². The van der Waals surface area contributed by atoms with Gasteiger partial charge in [-0.3, -0.25) is 13.9 Å². The third-order valence-electron chi connectivity index (χ3n) is 2.72. The number of nitrogens with two attached hydrogens (primary N) is 2. The van der Waals surface area contributed by atoms with Crippen molar-refractivity contribution in [1.29, 1.82) is 0 Å². The largest absolute Gasteiger partial charge is 0.369 e. The van der Waals surface area contributed by atoms with E-state index in [0.29, 0.717) is 11.2 Å². The zero-order valence-electron chi connectivity index (χ0n) is 11.0. The van der Waals surface area contributed by atoms with Crippen LogP contribution in [0.3, 0.4) is 0 Å². The van der Waals surface area contributed by atoms with Gasteiger partial charge < -0.3 is 16.0 Å². The Hall–Kier alpha value is -2.91. The zero-order valence-corrected chi connectivity index (χ0v) is 11.0. The summed E-state index contributed by atoms with van der Waals surface area (Å²) in [5.41, 5.74) is 9.94. The third-order valence-corrected chi connectivity index (χ3v) is 2.72. The second kappa shape index (κ2) is 4.99. The minimum Gasteiger partial charge on any atom is -0.369 e. The molecule has 2 heterocycles. The molecule has 2 rings (SSSR count). The first-order chi connectivity index (χ1) is 9.43. The normalized spacial score (nSPS) is 11.3. The molecule has 0 aromatic carbocycles. The summed E-state index contributed by atoms with van der Waals surface area (Å²) in [6.07, 6.45) is 2.74. The molecule has 2 aromatic rings. The van der Waals surface area contributed by atoms with Crippen molar-refractivity contribution in [2.45, 2.75) is 6.54 Å². The van der Waals surface area contributed by atoms with Gasteiger partial charge in [0.25, 0.3) is 5.56 Å². The Balaban J connectivity index is 2.57. The number of nitrogens with zero attached hydrogens (tertiary/aromatic N) is 6. The van der Waals surface area contributed by atoms with E-state index in [1.807, 2.05) is 0 Å². The molecule has 0 fully saturated rings. The van der Waals surface area contributed by atoms with Crippen LogP contribution in [0.2, 0.25) is 0 Å². The molecule has 0 bridgehead atoms. The monoisotopic (exact) mass is 278 g/mol. The van der Waals surface area contributed by atoms with E-state index in [1.165, 1.54) is 17.1 Å². The predicted molar refractivity (Wildman–Crippen MR) is 74.5 cm³/mol. The topological polar surface area (TPSA) is 139 Å². The highest BCUT2D eigenvalue weighted by atomic mass is 16.2. The molecule has 4 N–H and O–H groups in total. The zero-order chi connectivity index (χ0) is 14.9. The summed E-state index contributed by atoms with van der Waals surface area (Å²) in [5, 5.41) is 6.94. The average Bonchev–Trinajstić information content (AvgIpc) is 2.77. The first-order valence-corrected chi connectivity index (χ1v) is 5.64. The Bertz CT molecular complexity index is 818. The summed E-state index contributed by atoms with van der Waals surface area (Å²) in [5.74, 6) is -0.205. The second-order valence-electron chi connectivity index (χ2n) is 4.11. The van der Waals surface area contributed by atoms with Gasteiger partial charge in [0.05, 0.1) is 12.9 Å². The molecule has 0 radical (unpaired) electrons. The van der Waals surface area contributed by atoms with Crippen molar-refractivity contribution in [2.24, 2.45) is 35.8 Å². The number of guanidine groups is 1. The number of aromatic nitrogens is 4. The summed E-state index contributed by atoms with van der Waals surface area (Å²) in [6, 6.07) is 0. The number of fused-ring (bicyclic) bond motifs is 1. The second-order valence-corrected chi connectivity index (χ2v) is 4.11. The first-order valence-electron chi connectivity index (χ1n) is 5.64. The SMILES string of the molecule is Cn1cnc2c1c(=O)n(CC=NN=C(N)N)c(=O)n2C. The molecule has 0 spiro atoms. The maximum atomic E-state index is 12.3. The minimum absolute atomic E-state index is 0.0383. The van der Waals surface area contributed by atoms with Crippen molar-refractivity contribution in [3.05, 3.63) is 27.2 Å². The quantitative estimate of drug-likeness (QED) is 0.369. The highest BCUT2D eigenvalue weighted by Crippen LogP contribution is 2.02. The molecule has 0 saturated carbocycles. The first kappa shape index (κ1) is 13.5. The van der Waals surface area contributed by atoms with E-state index < -0.39 is 11.2 Å². The van der Waals surface area contributed by atoms with Crippen LogP contribution in [0.1, 0.15) is 0 Å². The molecule has 10 nitrogen and oxygen atoms in total. The molecular weight excluding hydrogens is 264 g/mol. The molecule has 106 valence electrons. The Morgan fingerprint density at radius 3 is 2.75 bits per heavy atom. The summed E-state index contributed by atoms with van der Waals surface area (Å²) in [7, 11) is 3.22. The van der Waals surface area contributed by atoms with E-state index >= 15 is 0 Å². The summed E-state index contributed by atoms with van der Waals surface area (Å²) in [6.45, 7) is -0.0383. The Morgan fingerprint density at radius 2 is 2.10 bits per heavy atom. The number of imidazole rings is 1. The smallest absolute Gasteiger partial charge is 0.332 e. The number of hydrogen-bond acceptors (Lipinski definition) is 5. The lowest BCUT2D eigenvalue weighted by Crippen LogP contribution is -2.39. The van der Waals surface area contributed by atoms with Gasteiger partial charge in [0, 0.05) is 20.3 Å². The maximum Gasteiger partial charge on any atom is 0.332 e. The fourth-order valence-electron chi connectivity index (χ4n) is 1.78. The Labute approximate surface area is 112 Å². The summed E-state index contributed by atoms with van der Waals surface area (Å²) in [4.78, 5) is 28.3. The summed E-state index contributed by atoms with van der Waals surface area (Å²) >= 11 is 0. The van der Waals surface area contributed by atoms with Gasteiger partial charge in [-0.05, 0) is 0 Å². The van der Waals surface area contributed by atoms with Gasteiger partial charge in [-0.1, -0.05) is 0 Å². The van der Waals surface area contributed by atoms with Crippen LogP contribution in [-0.2, 0) is 20.6 Å². The van der Waals surface area contributed by atoms with Crippen molar-refractivity contribution < 1.29 is 0 Å². The van der Waals surface area contributed by atoms with Crippen LogP contribution < -0.4 is 22.7 Å². The molecule has 0 saturated heterocycles. The van der Waals surface area contributed by atoms with E-state index in [1.54, 1.807) is 18.7 Å². The van der Waals surface area contributed by atoms with Gasteiger partial charge in [0.15, 0.2) is 11.2 Å². The fraction of sp³-hybridized carbons (Fsp3) is 0.300. The molecule has 2 aromatic heterocycles. The molecular formula is C10H14N8O2. The average molecular weight is 278 g/mol. The van der Waals surface area contributed by atoms with Gasteiger partial charge in [0.2, 0.25) is 5.96 Å². The van der Waals surface area contributed by atoms with Crippen molar-refractivity contribution >= 4 is 23.3 Å². The van der Waals surface area contributed by atoms with Crippen molar-refractivity contribution in [2.75, 3.05) is 0 Å². The highest BCUT2D eigenvalue weighted by molar-refractivity contribution is 5.76. The lowest BCUT2D eigenvalue weighted by atomic mass is 10.5. The molecule has 0 amide bonds. The molecule has 0 unspecified atom stereocenters. The van der Waals surface area contributed by atoms with Crippen molar-refractivity contribution in [3.63, 3.8) is 0 Å². The lowest BCUT2D eigenvalue weighted by Gasteiger charge is -2.05. The number of hydrogen-bond donors (Lipinski definition) is 2. The van der Waals surface area contributed by atoms with E-state index in [0.717, 1.165) is 4.57 Å². The molecule has 0 aliphatic rings. The van der Waals surface area contributed by atoms with Crippen LogP contribution in [0.5, 0.6) is 0 Å². The van der Waals surface area contributed by atoms with Crippen LogP contribution in [0.25, 0.3) is 11.2 Å². The summed E-state index contributed by atoms with van der Waals surface area (Å²) < 4.78 is 3.88. The highest BCUT2D eigenvalue weighted by Gasteiger charge is 2.13. The van der Waals surface area contributed by atoms with Crippen LogP contribution in [-0.4, -0.2) is 30.9 Å². The van der Waals surface area contributed by atoms with Crippen molar-refractivity contribution in [3.8, 4) is 0 Å². The maximum absolute atomic E-state index is 12.3. The Morgan fingerprint density at radius 1 is 1.40 bits per heavy atom. The standard InChI is InChI=1S/C10H14N8O2/c1-16-5-13-7-6(16)8(19)18(10(20)17(7)2)4-3-14-15-9(11)12/h3,5H,4H2,1-2H3,(H4,11,12,15). The van der Waals surface area contributed by atoms with Crippen LogP contribution >= 0.6 is 0 Å². The lowest BCUT2D eigenvalue weighted by molar-refractivity contribution is 0.683. The van der Waals surface area contributed by atoms with Gasteiger partial charge >= 0.3 is 5.69 Å². The van der Waals surface area contributed by atoms with Crippen LogP contribution in [0, 0.1) is 0 Å². The Kier molecular flexibility index (Phi) is 3.37. The van der Waals surface area contributed by atoms with Crippen molar-refractivity contribution in [1.82, 2.24) is 18.7 Å². The molecule has 0 aliphatic carbocycles. The minimum atomic E-state index is -0.489. The molecule has 0 atom stereocenters.